The SMILES string of the molecule is Nc1c(F)cccc1C(=O)N1CC2CCC(O)C2C1. The van der Waals surface area contributed by atoms with Gasteiger partial charge >= 0.3 is 0 Å². The summed E-state index contributed by atoms with van der Waals surface area (Å²) in [4.78, 5) is 14.0. The summed E-state index contributed by atoms with van der Waals surface area (Å²) in [7, 11) is 0. The smallest absolute Gasteiger partial charge is 0.256 e. The van der Waals surface area contributed by atoms with Gasteiger partial charge in [0.2, 0.25) is 0 Å². The highest BCUT2D eigenvalue weighted by Crippen LogP contribution is 2.38. The number of carbonyl (C=O) groups excluding carboxylic acids is 1. The van der Waals surface area contributed by atoms with Gasteiger partial charge < -0.3 is 15.7 Å². The molecule has 1 aliphatic heterocycles. The molecule has 1 heterocycles. The number of nitrogens with zero attached hydrogens (tertiary/aromatic N) is 1. The molecule has 1 aromatic carbocycles. The number of aliphatic hydroxyl groups excluding tert-OH is 1. The van der Waals surface area contributed by atoms with E-state index in [1.165, 1.54) is 12.1 Å². The van der Waals surface area contributed by atoms with Crippen LogP contribution in [0.25, 0.3) is 0 Å². The molecule has 3 unspecified atom stereocenters. The Labute approximate surface area is 111 Å². The van der Waals surface area contributed by atoms with Crippen LogP contribution in [0, 0.1) is 17.7 Å². The second kappa shape index (κ2) is 4.49. The monoisotopic (exact) mass is 264 g/mol. The third-order valence-electron chi connectivity index (χ3n) is 4.39. The summed E-state index contributed by atoms with van der Waals surface area (Å²) in [6.45, 7) is 1.18. The van der Waals surface area contributed by atoms with Crippen molar-refractivity contribution in [3.8, 4) is 0 Å². The molecule has 1 aliphatic carbocycles. The number of anilines is 1. The van der Waals surface area contributed by atoms with E-state index in [4.69, 9.17) is 5.73 Å². The van der Waals surface area contributed by atoms with Crippen LogP contribution in [0.2, 0.25) is 0 Å². The maximum Gasteiger partial charge on any atom is 0.256 e. The summed E-state index contributed by atoms with van der Waals surface area (Å²) in [6.07, 6.45) is 1.46. The highest BCUT2D eigenvalue weighted by Gasteiger charge is 2.43. The van der Waals surface area contributed by atoms with Crippen molar-refractivity contribution in [1.29, 1.82) is 0 Å². The Balaban J connectivity index is 1.81. The Bertz CT molecular complexity index is 520. The second-order valence-electron chi connectivity index (χ2n) is 5.48. The van der Waals surface area contributed by atoms with Crippen molar-refractivity contribution in [3.05, 3.63) is 29.6 Å². The van der Waals surface area contributed by atoms with Crippen molar-refractivity contribution in [2.75, 3.05) is 18.8 Å². The minimum absolute atomic E-state index is 0.0925. The van der Waals surface area contributed by atoms with Gasteiger partial charge in [-0.15, -0.1) is 0 Å². The fourth-order valence-corrected chi connectivity index (χ4v) is 3.30. The first-order valence-corrected chi connectivity index (χ1v) is 6.59. The van der Waals surface area contributed by atoms with E-state index in [1.54, 1.807) is 11.0 Å². The van der Waals surface area contributed by atoms with Gasteiger partial charge in [0.15, 0.2) is 0 Å². The summed E-state index contributed by atoms with van der Waals surface area (Å²) < 4.78 is 13.4. The van der Waals surface area contributed by atoms with Gasteiger partial charge in [-0.3, -0.25) is 4.79 Å². The van der Waals surface area contributed by atoms with Crippen molar-refractivity contribution in [2.24, 2.45) is 11.8 Å². The van der Waals surface area contributed by atoms with Gasteiger partial charge in [0, 0.05) is 19.0 Å². The number of amides is 1. The van der Waals surface area contributed by atoms with Crippen LogP contribution in [0.3, 0.4) is 0 Å². The first-order valence-electron chi connectivity index (χ1n) is 6.59. The number of benzene rings is 1. The second-order valence-corrected chi connectivity index (χ2v) is 5.48. The zero-order chi connectivity index (χ0) is 13.6. The number of rotatable bonds is 1. The van der Waals surface area contributed by atoms with Crippen LogP contribution in [0.5, 0.6) is 0 Å². The van der Waals surface area contributed by atoms with E-state index < -0.39 is 5.82 Å². The fourth-order valence-electron chi connectivity index (χ4n) is 3.30. The summed E-state index contributed by atoms with van der Waals surface area (Å²) in [5.41, 5.74) is 5.75. The standard InChI is InChI=1S/C14H17FN2O2/c15-11-3-1-2-9(13(11)16)14(19)17-6-8-4-5-12(18)10(8)7-17/h1-3,8,10,12,18H,4-7,16H2. The number of likely N-dealkylation sites (tertiary alicyclic amines) is 1. The van der Waals surface area contributed by atoms with Crippen molar-refractivity contribution < 1.29 is 14.3 Å². The number of fused-ring (bicyclic) bond motifs is 1. The van der Waals surface area contributed by atoms with Gasteiger partial charge in [-0.25, -0.2) is 4.39 Å². The molecule has 2 fully saturated rings. The van der Waals surface area contributed by atoms with E-state index in [0.717, 1.165) is 12.8 Å². The Hall–Kier alpha value is -1.62. The highest BCUT2D eigenvalue weighted by molar-refractivity contribution is 5.99. The minimum atomic E-state index is -0.565. The van der Waals surface area contributed by atoms with Gasteiger partial charge in [0.1, 0.15) is 5.82 Å². The molecule has 3 rings (SSSR count). The van der Waals surface area contributed by atoms with Gasteiger partial charge in [-0.05, 0) is 30.9 Å². The molecule has 5 heteroatoms. The lowest BCUT2D eigenvalue weighted by Crippen LogP contribution is -2.31. The maximum atomic E-state index is 13.4. The van der Waals surface area contributed by atoms with Crippen LogP contribution in [0.1, 0.15) is 23.2 Å². The number of hydrogen-bond acceptors (Lipinski definition) is 3. The van der Waals surface area contributed by atoms with Crippen LogP contribution in [-0.4, -0.2) is 35.1 Å². The Kier molecular flexibility index (Phi) is 2.93. The van der Waals surface area contributed by atoms with Crippen LogP contribution >= 0.6 is 0 Å². The van der Waals surface area contributed by atoms with Crippen LogP contribution in [-0.2, 0) is 0 Å². The topological polar surface area (TPSA) is 66.6 Å². The third-order valence-corrected chi connectivity index (χ3v) is 4.39. The third kappa shape index (κ3) is 1.98. The van der Waals surface area contributed by atoms with E-state index in [0.29, 0.717) is 19.0 Å². The van der Waals surface area contributed by atoms with Gasteiger partial charge in [0.05, 0.1) is 17.4 Å². The van der Waals surface area contributed by atoms with E-state index in [9.17, 15) is 14.3 Å². The number of nitrogen functional groups attached to an aromatic ring is 1. The van der Waals surface area contributed by atoms with Crippen molar-refractivity contribution >= 4 is 11.6 Å². The lowest BCUT2D eigenvalue weighted by molar-refractivity contribution is 0.0753. The minimum Gasteiger partial charge on any atom is -0.396 e. The summed E-state index contributed by atoms with van der Waals surface area (Å²) >= 11 is 0. The van der Waals surface area contributed by atoms with Gasteiger partial charge in [-0.2, -0.15) is 0 Å². The van der Waals surface area contributed by atoms with E-state index in [2.05, 4.69) is 0 Å². The quantitative estimate of drug-likeness (QED) is 0.750. The zero-order valence-electron chi connectivity index (χ0n) is 10.6. The van der Waals surface area contributed by atoms with Crippen LogP contribution in [0.15, 0.2) is 18.2 Å². The zero-order valence-corrected chi connectivity index (χ0v) is 10.6. The largest absolute Gasteiger partial charge is 0.396 e. The molecule has 0 spiro atoms. The van der Waals surface area contributed by atoms with Crippen LogP contribution < -0.4 is 5.73 Å². The number of halogens is 1. The van der Waals surface area contributed by atoms with Crippen molar-refractivity contribution in [3.63, 3.8) is 0 Å². The predicted molar refractivity (Wildman–Crippen MR) is 68.9 cm³/mol. The average molecular weight is 264 g/mol. The molecule has 3 N–H and O–H groups in total. The first-order chi connectivity index (χ1) is 9.08. The lowest BCUT2D eigenvalue weighted by Gasteiger charge is -2.19. The van der Waals surface area contributed by atoms with Gasteiger partial charge in [0.25, 0.3) is 5.91 Å². The molecule has 1 saturated carbocycles. The summed E-state index contributed by atoms with van der Waals surface area (Å²) in [6, 6.07) is 4.28. The molecular formula is C14H17FN2O2. The molecule has 4 nitrogen and oxygen atoms in total. The predicted octanol–water partition coefficient (Wildman–Crippen LogP) is 1.25. The summed E-state index contributed by atoms with van der Waals surface area (Å²) in [5, 5.41) is 9.85. The Morgan fingerprint density at radius 3 is 2.89 bits per heavy atom. The van der Waals surface area contributed by atoms with E-state index >= 15 is 0 Å². The van der Waals surface area contributed by atoms with Gasteiger partial charge in [-0.1, -0.05) is 6.07 Å². The molecule has 1 aromatic rings. The molecule has 1 amide bonds. The molecule has 0 bridgehead atoms. The fraction of sp³-hybridized carbons (Fsp3) is 0.500. The number of nitrogens with two attached hydrogens (primary N) is 1. The van der Waals surface area contributed by atoms with E-state index in [-0.39, 0.29) is 29.2 Å². The number of aliphatic hydroxyl groups is 1. The average Bonchev–Trinajstić information content (AvgIpc) is 2.95. The summed E-state index contributed by atoms with van der Waals surface area (Å²) in [5.74, 6) is -0.267. The van der Waals surface area contributed by atoms with Crippen molar-refractivity contribution in [2.45, 2.75) is 18.9 Å². The Morgan fingerprint density at radius 1 is 1.37 bits per heavy atom. The molecule has 0 radical (unpaired) electrons. The first kappa shape index (κ1) is 12.4. The molecular weight excluding hydrogens is 247 g/mol. The van der Waals surface area contributed by atoms with Crippen molar-refractivity contribution in [1.82, 2.24) is 4.90 Å². The molecule has 102 valence electrons. The number of carbonyl (C=O) groups is 1. The number of hydrogen-bond donors (Lipinski definition) is 2. The highest BCUT2D eigenvalue weighted by atomic mass is 19.1. The van der Waals surface area contributed by atoms with E-state index in [1.807, 2.05) is 0 Å². The molecule has 2 aliphatic rings. The molecule has 1 saturated heterocycles. The maximum absolute atomic E-state index is 13.4. The van der Waals surface area contributed by atoms with Crippen LogP contribution in [0.4, 0.5) is 10.1 Å². The Morgan fingerprint density at radius 2 is 2.16 bits per heavy atom. The molecule has 19 heavy (non-hydrogen) atoms. The normalized spacial score (nSPS) is 29.6. The molecule has 0 aromatic heterocycles. The lowest BCUT2D eigenvalue weighted by atomic mass is 10.00. The molecule has 3 atom stereocenters. The number of para-hydroxylation sites is 1.